The Morgan fingerprint density at radius 3 is 2.08 bits per heavy atom. The molecule has 1 aromatic carbocycles. The molecule has 4 aromatic rings. The lowest BCUT2D eigenvalue weighted by atomic mass is 9.91. The fourth-order valence-corrected chi connectivity index (χ4v) is 6.89. The Morgan fingerprint density at radius 2 is 1.53 bits per heavy atom. The van der Waals surface area contributed by atoms with Crippen molar-refractivity contribution in [2.45, 2.75) is 123 Å². The summed E-state index contributed by atoms with van der Waals surface area (Å²) in [5.41, 5.74) is -1.92. The molecule has 19 heteroatoms. The molecule has 0 saturated carbocycles. The minimum atomic E-state index is -1.68. The molecular weight excluding hydrogens is 808 g/mol. The quantitative estimate of drug-likeness (QED) is 0.0796. The van der Waals surface area contributed by atoms with Gasteiger partial charge in [-0.05, 0) is 86.4 Å². The lowest BCUT2D eigenvalue weighted by Crippen LogP contribution is -2.45. The van der Waals surface area contributed by atoms with Gasteiger partial charge >= 0.3 is 24.3 Å². The maximum absolute atomic E-state index is 13.9. The van der Waals surface area contributed by atoms with E-state index in [2.05, 4.69) is 19.9 Å². The molecule has 17 nitrogen and oxygen atoms in total. The van der Waals surface area contributed by atoms with Crippen LogP contribution in [-0.2, 0) is 50.0 Å². The SMILES string of the molecule is CCOC(=O)C(Cc1ccccc1)(OC[C@H]1O[C@@H](n2cnc3c(N(C(=O)OC(C)(C)C)C(=O)OC(C)(C)C)nc(Cl)nc32)[C@H](OC(=O)OC(C)(C)C)[C@@H]1C)c1cscn1. The minimum Gasteiger partial charge on any atom is -0.464 e. The van der Waals surface area contributed by atoms with Gasteiger partial charge in [-0.2, -0.15) is 14.9 Å². The normalized spacial score (nSPS) is 19.5. The monoisotopic (exact) mass is 858 g/mol. The van der Waals surface area contributed by atoms with Crippen molar-refractivity contribution >= 4 is 64.2 Å². The predicted octanol–water partition coefficient (Wildman–Crippen LogP) is 8.18. The number of anilines is 1. The molecule has 2 amide bonds. The minimum absolute atomic E-state index is 0.00101. The highest BCUT2D eigenvalue weighted by Gasteiger charge is 2.51. The molecule has 1 aliphatic heterocycles. The van der Waals surface area contributed by atoms with Gasteiger partial charge in [0.1, 0.15) is 16.8 Å². The van der Waals surface area contributed by atoms with Crippen molar-refractivity contribution in [2.24, 2.45) is 5.92 Å². The first-order chi connectivity index (χ1) is 27.5. The molecule has 5 rings (SSSR count). The van der Waals surface area contributed by atoms with Crippen LogP contribution >= 0.6 is 22.9 Å². The summed E-state index contributed by atoms with van der Waals surface area (Å²) >= 11 is 7.79. The molecule has 0 bridgehead atoms. The second-order valence-electron chi connectivity index (χ2n) is 16.8. The van der Waals surface area contributed by atoms with E-state index in [0.29, 0.717) is 10.6 Å². The summed E-state index contributed by atoms with van der Waals surface area (Å²) in [6, 6.07) is 9.32. The Hall–Kier alpha value is -4.91. The zero-order valence-corrected chi connectivity index (χ0v) is 36.6. The van der Waals surface area contributed by atoms with Crippen LogP contribution < -0.4 is 4.90 Å². The summed E-state index contributed by atoms with van der Waals surface area (Å²) in [5, 5.41) is 1.36. The van der Waals surface area contributed by atoms with Gasteiger partial charge in [0, 0.05) is 17.7 Å². The molecule has 0 N–H and O–H groups in total. The zero-order chi connectivity index (χ0) is 43.5. The highest BCUT2D eigenvalue weighted by molar-refractivity contribution is 7.07. The molecule has 5 atom stereocenters. The van der Waals surface area contributed by atoms with Crippen LogP contribution in [0, 0.1) is 5.92 Å². The van der Waals surface area contributed by atoms with E-state index in [1.807, 2.05) is 30.3 Å². The number of imide groups is 1. The number of carbonyl (C=O) groups excluding carboxylic acids is 4. The second kappa shape index (κ2) is 17.7. The average Bonchev–Trinajstić information content (AvgIpc) is 3.85. The van der Waals surface area contributed by atoms with Crippen LogP contribution in [0.5, 0.6) is 0 Å². The number of aromatic nitrogens is 5. The molecular formula is C40H51ClN6O11S. The average molecular weight is 859 g/mol. The van der Waals surface area contributed by atoms with Crippen molar-refractivity contribution in [2.75, 3.05) is 18.1 Å². The van der Waals surface area contributed by atoms with E-state index in [9.17, 15) is 19.2 Å². The molecule has 320 valence electrons. The Labute approximate surface area is 351 Å². The van der Waals surface area contributed by atoms with Crippen LogP contribution in [0.3, 0.4) is 0 Å². The number of esters is 1. The standard InChI is InChI=1S/C40H51ClN6O11S/c1-12-52-32(48)40(26-20-59-22-43-26,18-24-16-14-13-15-17-24)53-19-25-23(2)28(55-36(51)58-39(9,10)11)31(54-25)46-21-42-27-29(46)44-33(41)45-30(27)47(34(49)56-37(3,4)5)35(50)57-38(6,7)8/h13-17,20-23,25,28,31H,12,18-19H2,1-11H3/t23-,25-,28-,31-,40?/m1/s1. The Balaban J connectivity index is 1.58. The maximum Gasteiger partial charge on any atom is 0.509 e. The fraction of sp³-hybridized carbons (Fsp3) is 0.550. The van der Waals surface area contributed by atoms with Crippen molar-refractivity contribution in [1.29, 1.82) is 0 Å². The van der Waals surface area contributed by atoms with Crippen molar-refractivity contribution in [3.63, 3.8) is 0 Å². The number of carbonyl (C=O) groups is 4. The molecule has 1 unspecified atom stereocenters. The van der Waals surface area contributed by atoms with E-state index < -0.39 is 71.1 Å². The van der Waals surface area contributed by atoms with Crippen molar-refractivity contribution in [3.8, 4) is 0 Å². The Bertz CT molecular complexity index is 2090. The number of benzene rings is 1. The third kappa shape index (κ3) is 11.0. The Morgan fingerprint density at radius 1 is 0.898 bits per heavy atom. The number of hydrogen-bond donors (Lipinski definition) is 0. The largest absolute Gasteiger partial charge is 0.509 e. The summed E-state index contributed by atoms with van der Waals surface area (Å²) in [6.07, 6.45) is -4.86. The van der Waals surface area contributed by atoms with Gasteiger partial charge in [-0.1, -0.05) is 37.3 Å². The summed E-state index contributed by atoms with van der Waals surface area (Å²) in [4.78, 5) is 72.7. The molecule has 1 aliphatic rings. The van der Waals surface area contributed by atoms with Crippen LogP contribution in [0.15, 0.2) is 47.5 Å². The molecule has 3 aromatic heterocycles. The number of halogens is 1. The van der Waals surface area contributed by atoms with Crippen LogP contribution in [0.1, 0.15) is 93.6 Å². The molecule has 4 heterocycles. The summed E-state index contributed by atoms with van der Waals surface area (Å²) in [5.74, 6) is -1.59. The van der Waals surface area contributed by atoms with E-state index in [0.717, 1.165) is 5.56 Å². The van der Waals surface area contributed by atoms with Crippen molar-refractivity contribution in [1.82, 2.24) is 24.5 Å². The number of imidazole rings is 1. The van der Waals surface area contributed by atoms with E-state index in [1.165, 1.54) is 22.2 Å². The number of ether oxygens (including phenoxy) is 7. The van der Waals surface area contributed by atoms with Gasteiger partial charge < -0.3 is 33.2 Å². The fourth-order valence-electron chi connectivity index (χ4n) is 6.12. The van der Waals surface area contributed by atoms with Gasteiger partial charge in [0.15, 0.2) is 29.3 Å². The first kappa shape index (κ1) is 45.2. The van der Waals surface area contributed by atoms with Gasteiger partial charge in [0.25, 0.3) is 0 Å². The first-order valence-corrected chi connectivity index (χ1v) is 20.3. The van der Waals surface area contributed by atoms with Gasteiger partial charge in [0.05, 0.1) is 36.8 Å². The highest BCUT2D eigenvalue weighted by atomic mass is 35.5. The third-order valence-electron chi connectivity index (χ3n) is 8.58. The topological polar surface area (TPSA) is 193 Å². The molecule has 59 heavy (non-hydrogen) atoms. The molecule has 0 radical (unpaired) electrons. The van der Waals surface area contributed by atoms with Crippen LogP contribution in [0.2, 0.25) is 5.28 Å². The number of nitrogens with zero attached hydrogens (tertiary/aromatic N) is 6. The zero-order valence-electron chi connectivity index (χ0n) is 35.0. The van der Waals surface area contributed by atoms with Crippen LogP contribution in [-0.4, -0.2) is 91.0 Å². The third-order valence-corrected chi connectivity index (χ3v) is 9.33. The summed E-state index contributed by atoms with van der Waals surface area (Å²) < 4.78 is 42.9. The van der Waals surface area contributed by atoms with Gasteiger partial charge in [-0.3, -0.25) is 4.57 Å². The second-order valence-corrected chi connectivity index (χ2v) is 17.9. The maximum atomic E-state index is 13.9. The van der Waals surface area contributed by atoms with Gasteiger partial charge in [0.2, 0.25) is 10.9 Å². The smallest absolute Gasteiger partial charge is 0.464 e. The van der Waals surface area contributed by atoms with E-state index >= 15 is 0 Å². The highest BCUT2D eigenvalue weighted by Crippen LogP contribution is 2.41. The number of hydrogen-bond acceptors (Lipinski definition) is 16. The lowest BCUT2D eigenvalue weighted by Gasteiger charge is -2.32. The van der Waals surface area contributed by atoms with Gasteiger partial charge in [-0.15, -0.1) is 11.3 Å². The number of fused-ring (bicyclic) bond motifs is 1. The lowest BCUT2D eigenvalue weighted by molar-refractivity contribution is -0.181. The van der Waals surface area contributed by atoms with Gasteiger partial charge in [-0.25, -0.2) is 29.1 Å². The molecule has 0 spiro atoms. The van der Waals surface area contributed by atoms with E-state index in [4.69, 9.17) is 44.8 Å². The molecule has 1 fully saturated rings. The van der Waals surface area contributed by atoms with Crippen LogP contribution in [0.25, 0.3) is 11.2 Å². The van der Waals surface area contributed by atoms with E-state index in [1.54, 1.807) is 87.1 Å². The number of thiazole rings is 1. The molecule has 1 saturated heterocycles. The predicted molar refractivity (Wildman–Crippen MR) is 216 cm³/mol. The van der Waals surface area contributed by atoms with E-state index in [-0.39, 0.29) is 41.9 Å². The Kier molecular flexibility index (Phi) is 13.6. The van der Waals surface area contributed by atoms with Crippen molar-refractivity contribution in [3.05, 3.63) is 64.1 Å². The van der Waals surface area contributed by atoms with Crippen LogP contribution in [0.4, 0.5) is 20.2 Å². The summed E-state index contributed by atoms with van der Waals surface area (Å²) in [6.45, 7) is 18.3. The summed E-state index contributed by atoms with van der Waals surface area (Å²) in [7, 11) is 0. The first-order valence-electron chi connectivity index (χ1n) is 19.0. The van der Waals surface area contributed by atoms with Crippen molar-refractivity contribution < 1.29 is 52.3 Å². The number of amides is 2. The number of rotatable bonds is 11. The molecule has 0 aliphatic carbocycles.